The fourth-order valence-corrected chi connectivity index (χ4v) is 7.58. The first-order valence-electron chi connectivity index (χ1n) is 22.4. The third-order valence-electron chi connectivity index (χ3n) is 11.9. The standard InChI is InChI=1S/C64H56/c1-61(2,3)57-37-33-49-29-25-47(26-30-50-34-38-58(62(4,5)6)42-54(50)18-14-13-17-53(49)41-57)45-21-23-46(24-22-45)48-27-31-51-35-39-59(63(7,8)9)43-55(51)19-15-16-20-56-44-60(64(10,11)12)40-36-52(56)32-28-48/h33-44H,21-24H2,1-12H3. The van der Waals surface area contributed by atoms with Crippen LogP contribution in [0.2, 0.25) is 0 Å². The monoisotopic (exact) mass is 824 g/mol. The fourth-order valence-electron chi connectivity index (χ4n) is 7.58. The van der Waals surface area contributed by atoms with Gasteiger partial charge in [-0.25, -0.2) is 0 Å². The zero-order chi connectivity index (χ0) is 45.9. The van der Waals surface area contributed by atoms with E-state index >= 15 is 0 Å². The SMILES string of the molecule is CC(C)(C)c1ccc2c(c1)C#CC#Cc1cc(C(C)(C)C)ccc1C#CC(=C1CCC(=C3C#Cc4ccc(C(C)(C)C)cc4C#CC#Cc4cc(C(C)(C)C)ccc4C#C3)CC1)C#C2. The third-order valence-corrected chi connectivity index (χ3v) is 11.9. The summed E-state index contributed by atoms with van der Waals surface area (Å²) in [6.07, 6.45) is 3.22. The summed E-state index contributed by atoms with van der Waals surface area (Å²) in [5.41, 5.74) is 15.9. The van der Waals surface area contributed by atoms with Crippen molar-refractivity contribution in [3.63, 3.8) is 0 Å². The molecule has 0 nitrogen and oxygen atoms in total. The molecule has 64 heavy (non-hydrogen) atoms. The van der Waals surface area contributed by atoms with Crippen LogP contribution in [0.1, 0.15) is 176 Å². The van der Waals surface area contributed by atoms with Crippen LogP contribution in [0.4, 0.5) is 0 Å². The first-order chi connectivity index (χ1) is 30.2. The number of benzene rings is 4. The predicted molar refractivity (Wildman–Crippen MR) is 268 cm³/mol. The Balaban J connectivity index is 1.36. The summed E-state index contributed by atoms with van der Waals surface area (Å²) < 4.78 is 0. The summed E-state index contributed by atoms with van der Waals surface area (Å²) in [6.45, 7) is 26.6. The summed E-state index contributed by atoms with van der Waals surface area (Å²) >= 11 is 0. The lowest BCUT2D eigenvalue weighted by atomic mass is 9.84. The maximum atomic E-state index is 3.56. The largest absolute Gasteiger partial charge is 0.0743 e. The highest BCUT2D eigenvalue weighted by atomic mass is 14.2. The van der Waals surface area contributed by atoms with Gasteiger partial charge in [-0.15, -0.1) is 0 Å². The lowest BCUT2D eigenvalue weighted by Crippen LogP contribution is -2.11. The molecule has 3 aliphatic rings. The van der Waals surface area contributed by atoms with Crippen molar-refractivity contribution in [2.75, 3.05) is 0 Å². The fraction of sp³-hybridized carbons (Fsp3) is 0.312. The van der Waals surface area contributed by atoms with Gasteiger partial charge in [0.25, 0.3) is 0 Å². The Labute approximate surface area is 385 Å². The van der Waals surface area contributed by atoms with Crippen molar-refractivity contribution in [2.24, 2.45) is 0 Å². The van der Waals surface area contributed by atoms with Gasteiger partial charge in [0.1, 0.15) is 0 Å². The van der Waals surface area contributed by atoms with E-state index < -0.39 is 0 Å². The van der Waals surface area contributed by atoms with Crippen LogP contribution in [-0.2, 0) is 21.7 Å². The number of hydrogen-bond donors (Lipinski definition) is 0. The topological polar surface area (TPSA) is 0 Å². The quantitative estimate of drug-likeness (QED) is 0.155. The van der Waals surface area contributed by atoms with E-state index in [-0.39, 0.29) is 21.7 Å². The highest BCUT2D eigenvalue weighted by Crippen LogP contribution is 2.33. The Morgan fingerprint density at radius 2 is 0.484 bits per heavy atom. The van der Waals surface area contributed by atoms with E-state index in [1.807, 2.05) is 0 Å². The lowest BCUT2D eigenvalue weighted by molar-refractivity contribution is 0.590. The number of fused-ring (bicyclic) bond motifs is 4. The molecule has 0 saturated heterocycles. The average Bonchev–Trinajstić information content (AvgIpc) is 3.26. The van der Waals surface area contributed by atoms with Crippen molar-refractivity contribution in [3.05, 3.63) is 162 Å². The predicted octanol–water partition coefficient (Wildman–Crippen LogP) is 13.0. The molecule has 0 spiro atoms. The second-order valence-corrected chi connectivity index (χ2v) is 21.0. The summed E-state index contributed by atoms with van der Waals surface area (Å²) in [4.78, 5) is 0. The van der Waals surface area contributed by atoms with Gasteiger partial charge in [0.05, 0.1) is 11.1 Å². The van der Waals surface area contributed by atoms with Gasteiger partial charge < -0.3 is 0 Å². The molecule has 0 unspecified atom stereocenters. The zero-order valence-electron chi connectivity index (χ0n) is 39.8. The van der Waals surface area contributed by atoms with Crippen molar-refractivity contribution < 1.29 is 0 Å². The van der Waals surface area contributed by atoms with Crippen LogP contribution >= 0.6 is 0 Å². The molecule has 0 heterocycles. The number of allylic oxidation sites excluding steroid dienone is 4. The van der Waals surface area contributed by atoms with E-state index in [0.29, 0.717) is 0 Å². The summed E-state index contributed by atoms with van der Waals surface area (Å²) in [6, 6.07) is 25.7. The molecule has 0 aliphatic heterocycles. The van der Waals surface area contributed by atoms with E-state index in [4.69, 9.17) is 0 Å². The second kappa shape index (κ2) is 17.9. The number of hydrogen-bond acceptors (Lipinski definition) is 0. The second-order valence-electron chi connectivity index (χ2n) is 21.0. The number of rotatable bonds is 0. The molecule has 1 fully saturated rings. The molecule has 0 atom stereocenters. The molecule has 312 valence electrons. The zero-order valence-corrected chi connectivity index (χ0v) is 39.8. The molecular weight excluding hydrogens is 769 g/mol. The van der Waals surface area contributed by atoms with Crippen LogP contribution in [0.25, 0.3) is 0 Å². The van der Waals surface area contributed by atoms with Crippen LogP contribution in [0.3, 0.4) is 0 Å². The normalized spacial score (nSPS) is 14.2. The van der Waals surface area contributed by atoms with Crippen LogP contribution in [0.15, 0.2) is 95.1 Å². The van der Waals surface area contributed by atoms with Gasteiger partial charge in [-0.1, -0.05) is 178 Å². The Bertz CT molecular complexity index is 2770. The lowest BCUT2D eigenvalue weighted by Gasteiger charge is -2.20. The smallest absolute Gasteiger partial charge is 0.0597 e. The first kappa shape index (κ1) is 44.9. The highest BCUT2D eigenvalue weighted by Gasteiger charge is 2.20. The van der Waals surface area contributed by atoms with Gasteiger partial charge in [-0.2, -0.15) is 0 Å². The Morgan fingerprint density at radius 3 is 0.688 bits per heavy atom. The molecule has 1 saturated carbocycles. The van der Waals surface area contributed by atoms with Crippen LogP contribution in [0.5, 0.6) is 0 Å². The van der Waals surface area contributed by atoms with Gasteiger partial charge in [0, 0.05) is 44.5 Å². The Morgan fingerprint density at radius 1 is 0.266 bits per heavy atom. The van der Waals surface area contributed by atoms with Crippen molar-refractivity contribution in [1.29, 1.82) is 0 Å². The summed E-state index contributed by atoms with van der Waals surface area (Å²) in [5.74, 6) is 54.2. The Hall–Kier alpha value is -7.16. The Kier molecular flexibility index (Phi) is 12.6. The van der Waals surface area contributed by atoms with Crippen LogP contribution in [-0.4, -0.2) is 0 Å². The van der Waals surface area contributed by atoms with Crippen molar-refractivity contribution in [1.82, 2.24) is 0 Å². The summed E-state index contributed by atoms with van der Waals surface area (Å²) in [7, 11) is 0. The minimum atomic E-state index is -0.0336. The molecule has 0 aromatic heterocycles. The molecule has 4 aromatic rings. The molecule has 7 rings (SSSR count). The third kappa shape index (κ3) is 10.9. The van der Waals surface area contributed by atoms with Crippen molar-refractivity contribution in [3.8, 4) is 94.7 Å². The van der Waals surface area contributed by atoms with Crippen molar-refractivity contribution in [2.45, 2.75) is 130 Å². The molecular formula is C64H56. The molecule has 0 amide bonds. The van der Waals surface area contributed by atoms with E-state index in [0.717, 1.165) is 81.3 Å². The maximum absolute atomic E-state index is 3.56. The molecule has 0 N–H and O–H groups in total. The average molecular weight is 825 g/mol. The molecule has 3 aliphatic carbocycles. The van der Waals surface area contributed by atoms with Gasteiger partial charge in [0.15, 0.2) is 0 Å². The molecule has 0 bridgehead atoms. The maximum Gasteiger partial charge on any atom is 0.0743 e. The van der Waals surface area contributed by atoms with Crippen molar-refractivity contribution >= 4 is 0 Å². The summed E-state index contributed by atoms with van der Waals surface area (Å²) in [5, 5.41) is 0. The van der Waals surface area contributed by atoms with Crippen LogP contribution in [0, 0.1) is 94.7 Å². The van der Waals surface area contributed by atoms with Gasteiger partial charge in [-0.05, 0) is 153 Å². The van der Waals surface area contributed by atoms with E-state index in [1.165, 1.54) is 33.4 Å². The van der Waals surface area contributed by atoms with Gasteiger partial charge in [-0.3, -0.25) is 0 Å². The van der Waals surface area contributed by atoms with E-state index in [2.05, 4.69) is 251 Å². The first-order valence-corrected chi connectivity index (χ1v) is 22.4. The molecule has 0 heteroatoms. The van der Waals surface area contributed by atoms with Gasteiger partial charge in [0.2, 0.25) is 0 Å². The van der Waals surface area contributed by atoms with E-state index in [9.17, 15) is 0 Å². The minimum Gasteiger partial charge on any atom is -0.0597 e. The van der Waals surface area contributed by atoms with E-state index in [1.54, 1.807) is 0 Å². The van der Waals surface area contributed by atoms with Gasteiger partial charge >= 0.3 is 0 Å². The highest BCUT2D eigenvalue weighted by molar-refractivity contribution is 5.65. The molecule has 4 aromatic carbocycles. The minimum absolute atomic E-state index is 0.0336. The molecule has 0 radical (unpaired) electrons. The van der Waals surface area contributed by atoms with Crippen LogP contribution < -0.4 is 0 Å².